The molecule has 0 saturated heterocycles. The summed E-state index contributed by atoms with van der Waals surface area (Å²) in [6.45, 7) is 10.6. The van der Waals surface area contributed by atoms with Crippen LogP contribution in [0.1, 0.15) is 85.5 Å². The molecule has 24 heavy (non-hydrogen) atoms. The van der Waals surface area contributed by atoms with Crippen LogP contribution >= 0.6 is 0 Å². The second kappa shape index (κ2) is 5.48. The van der Waals surface area contributed by atoms with Crippen molar-refractivity contribution < 1.29 is 0 Å². The lowest BCUT2D eigenvalue weighted by atomic mass is 9.40. The van der Waals surface area contributed by atoms with Crippen LogP contribution in [-0.2, 0) is 0 Å². The average Bonchev–Trinajstić information content (AvgIpc) is 2.78. The maximum absolute atomic E-state index is 2.71. The molecule has 0 aromatic heterocycles. The Bertz CT molecular complexity index is 498. The molecule has 0 aliphatic heterocycles. The summed E-state index contributed by atoms with van der Waals surface area (Å²) in [6, 6.07) is 0.843. The van der Waals surface area contributed by atoms with Gasteiger partial charge in [-0.1, -0.05) is 27.7 Å². The summed E-state index contributed by atoms with van der Waals surface area (Å²) in [6.07, 6.45) is 13.5. The van der Waals surface area contributed by atoms with Crippen molar-refractivity contribution >= 4 is 0 Å². The number of hydrogen-bond donors (Lipinski definition) is 0. The smallest absolute Gasteiger partial charge is 0.00922 e. The van der Waals surface area contributed by atoms with Gasteiger partial charge >= 0.3 is 0 Å². The van der Waals surface area contributed by atoms with Gasteiger partial charge < -0.3 is 4.90 Å². The molecule has 4 rings (SSSR count). The van der Waals surface area contributed by atoms with E-state index in [4.69, 9.17) is 0 Å². The molecule has 4 saturated carbocycles. The largest absolute Gasteiger partial charge is 0.306 e. The zero-order valence-electron chi connectivity index (χ0n) is 17.2. The zero-order chi connectivity index (χ0) is 17.3. The van der Waals surface area contributed by atoms with E-state index < -0.39 is 0 Å². The lowest BCUT2D eigenvalue weighted by Gasteiger charge is -2.65. The number of rotatable bonds is 1. The van der Waals surface area contributed by atoms with E-state index in [-0.39, 0.29) is 0 Å². The Balaban J connectivity index is 1.62. The maximum atomic E-state index is 2.71. The van der Waals surface area contributed by atoms with Gasteiger partial charge in [-0.15, -0.1) is 0 Å². The predicted octanol–water partition coefficient (Wildman–Crippen LogP) is 5.99. The van der Waals surface area contributed by atoms with Crippen LogP contribution in [-0.4, -0.2) is 25.0 Å². The van der Waals surface area contributed by atoms with Crippen LogP contribution in [0, 0.1) is 39.9 Å². The standard InChI is InChI=1S/C23H41N/c1-16-9-13-23(4)20-8-7-17-15-18(24(5)6)10-12-21(17,2)19(20)11-14-22(16,23)3/h16-20H,7-15H2,1-6H3. The summed E-state index contributed by atoms with van der Waals surface area (Å²) in [5.74, 6) is 3.96. The van der Waals surface area contributed by atoms with Crippen molar-refractivity contribution in [3.63, 3.8) is 0 Å². The van der Waals surface area contributed by atoms with E-state index in [1.165, 1.54) is 57.8 Å². The van der Waals surface area contributed by atoms with Crippen LogP contribution in [0.25, 0.3) is 0 Å². The fourth-order valence-corrected chi connectivity index (χ4v) is 8.42. The van der Waals surface area contributed by atoms with Crippen molar-refractivity contribution in [2.24, 2.45) is 39.9 Å². The molecule has 4 fully saturated rings. The van der Waals surface area contributed by atoms with Crippen LogP contribution < -0.4 is 0 Å². The van der Waals surface area contributed by atoms with Gasteiger partial charge in [-0.25, -0.2) is 0 Å². The molecule has 0 aromatic carbocycles. The summed E-state index contributed by atoms with van der Waals surface area (Å²) in [7, 11) is 4.60. The molecule has 0 N–H and O–H groups in total. The highest BCUT2D eigenvalue weighted by Gasteiger charge is 2.64. The highest BCUT2D eigenvalue weighted by molar-refractivity contribution is 5.13. The molecule has 8 unspecified atom stereocenters. The average molecular weight is 332 g/mol. The van der Waals surface area contributed by atoms with Gasteiger partial charge in [0.05, 0.1) is 0 Å². The van der Waals surface area contributed by atoms with Gasteiger partial charge in [0.25, 0.3) is 0 Å². The van der Waals surface area contributed by atoms with E-state index in [0.29, 0.717) is 16.2 Å². The first-order chi connectivity index (χ1) is 11.2. The van der Waals surface area contributed by atoms with Crippen molar-refractivity contribution in [1.82, 2.24) is 4.90 Å². The van der Waals surface area contributed by atoms with Crippen molar-refractivity contribution in [1.29, 1.82) is 0 Å². The van der Waals surface area contributed by atoms with Gasteiger partial charge in [-0.3, -0.25) is 0 Å². The monoisotopic (exact) mass is 331 g/mol. The van der Waals surface area contributed by atoms with Crippen LogP contribution in [0.3, 0.4) is 0 Å². The molecule has 0 spiro atoms. The number of hydrogen-bond acceptors (Lipinski definition) is 1. The third-order valence-corrected chi connectivity index (χ3v) is 10.7. The minimum Gasteiger partial charge on any atom is -0.306 e. The normalized spacial score (nSPS) is 57.4. The van der Waals surface area contributed by atoms with E-state index >= 15 is 0 Å². The Kier molecular flexibility index (Phi) is 3.97. The van der Waals surface area contributed by atoms with Gasteiger partial charge in [-0.05, 0) is 112 Å². The summed E-state index contributed by atoms with van der Waals surface area (Å²) in [4.78, 5) is 2.50. The minimum absolute atomic E-state index is 0.623. The summed E-state index contributed by atoms with van der Waals surface area (Å²) in [5, 5.41) is 0. The van der Waals surface area contributed by atoms with E-state index in [9.17, 15) is 0 Å². The number of fused-ring (bicyclic) bond motifs is 5. The molecular weight excluding hydrogens is 290 g/mol. The van der Waals surface area contributed by atoms with Gasteiger partial charge in [-0.2, -0.15) is 0 Å². The second-order valence-electron chi connectivity index (χ2n) is 11.2. The summed E-state index contributed by atoms with van der Waals surface area (Å²) >= 11 is 0. The predicted molar refractivity (Wildman–Crippen MR) is 103 cm³/mol. The van der Waals surface area contributed by atoms with E-state index in [2.05, 4.69) is 46.7 Å². The first kappa shape index (κ1) is 17.4. The van der Waals surface area contributed by atoms with Gasteiger partial charge in [0.1, 0.15) is 0 Å². The van der Waals surface area contributed by atoms with Crippen molar-refractivity contribution in [2.75, 3.05) is 14.1 Å². The fraction of sp³-hybridized carbons (Fsp3) is 1.00. The molecular formula is C23H41N. The lowest BCUT2D eigenvalue weighted by Crippen LogP contribution is -2.58. The lowest BCUT2D eigenvalue weighted by molar-refractivity contribution is -0.156. The highest BCUT2D eigenvalue weighted by Crippen LogP contribution is 2.72. The molecule has 138 valence electrons. The van der Waals surface area contributed by atoms with Gasteiger partial charge in [0, 0.05) is 6.04 Å². The van der Waals surface area contributed by atoms with Crippen LogP contribution in [0.2, 0.25) is 0 Å². The molecule has 1 nitrogen and oxygen atoms in total. The van der Waals surface area contributed by atoms with Gasteiger partial charge in [0.15, 0.2) is 0 Å². The highest BCUT2D eigenvalue weighted by atomic mass is 15.1. The van der Waals surface area contributed by atoms with Crippen LogP contribution in [0.5, 0.6) is 0 Å². The molecule has 4 aliphatic rings. The minimum atomic E-state index is 0.623. The first-order valence-electron chi connectivity index (χ1n) is 10.9. The third-order valence-electron chi connectivity index (χ3n) is 10.7. The Morgan fingerprint density at radius 1 is 0.750 bits per heavy atom. The molecule has 0 heterocycles. The van der Waals surface area contributed by atoms with Crippen LogP contribution in [0.4, 0.5) is 0 Å². The Labute approximate surface area is 151 Å². The molecule has 8 atom stereocenters. The molecule has 0 radical (unpaired) electrons. The van der Waals surface area contributed by atoms with Crippen molar-refractivity contribution in [3.05, 3.63) is 0 Å². The Morgan fingerprint density at radius 3 is 2.17 bits per heavy atom. The summed E-state index contributed by atoms with van der Waals surface area (Å²) < 4.78 is 0. The molecule has 0 amide bonds. The zero-order valence-corrected chi connectivity index (χ0v) is 17.2. The maximum Gasteiger partial charge on any atom is 0.00922 e. The molecule has 1 heteroatoms. The first-order valence-corrected chi connectivity index (χ1v) is 10.9. The van der Waals surface area contributed by atoms with E-state index in [1.807, 2.05) is 0 Å². The van der Waals surface area contributed by atoms with Crippen molar-refractivity contribution in [3.8, 4) is 0 Å². The van der Waals surface area contributed by atoms with E-state index in [1.54, 1.807) is 0 Å². The third kappa shape index (κ3) is 2.09. The molecule has 0 bridgehead atoms. The summed E-state index contributed by atoms with van der Waals surface area (Å²) in [5.41, 5.74) is 1.89. The Morgan fingerprint density at radius 2 is 1.46 bits per heavy atom. The number of nitrogens with zero attached hydrogens (tertiary/aromatic N) is 1. The van der Waals surface area contributed by atoms with Gasteiger partial charge in [0.2, 0.25) is 0 Å². The SMILES string of the molecule is CC1CCC2(C)C3CCC4CC(N(C)C)CCC4(C)C3CCC12C. The second-order valence-corrected chi connectivity index (χ2v) is 11.2. The van der Waals surface area contributed by atoms with Crippen molar-refractivity contribution in [2.45, 2.75) is 91.5 Å². The van der Waals surface area contributed by atoms with E-state index in [0.717, 1.165) is 29.7 Å². The topological polar surface area (TPSA) is 3.24 Å². The molecule has 4 aliphatic carbocycles. The quantitative estimate of drug-likeness (QED) is 0.571. The fourth-order valence-electron chi connectivity index (χ4n) is 8.42. The van der Waals surface area contributed by atoms with Crippen LogP contribution in [0.15, 0.2) is 0 Å². The Hall–Kier alpha value is -0.0400. The molecule has 0 aromatic rings.